The van der Waals surface area contributed by atoms with Crippen LogP contribution in [0.15, 0.2) is 170 Å². The minimum Gasteiger partial charge on any atom is -0.331 e. The van der Waals surface area contributed by atoms with Crippen LogP contribution < -0.4 is 0 Å². The van der Waals surface area contributed by atoms with Gasteiger partial charge in [0, 0.05) is 76.3 Å². The Balaban J connectivity index is 1.35. The molecule has 13 rings (SSSR count). The zero-order valence-corrected chi connectivity index (χ0v) is 41.8. The number of nitriles is 2. The van der Waals surface area contributed by atoms with Gasteiger partial charge in [-0.15, -0.1) is 0 Å². The molecular formula is C66H52N6. The summed E-state index contributed by atoms with van der Waals surface area (Å²) in [6.07, 6.45) is 0. The predicted molar refractivity (Wildman–Crippen MR) is 299 cm³/mol. The van der Waals surface area contributed by atoms with Gasteiger partial charge in [-0.3, -0.25) is 0 Å². The summed E-state index contributed by atoms with van der Waals surface area (Å²) >= 11 is 0. The van der Waals surface area contributed by atoms with E-state index in [1.807, 2.05) is 0 Å². The number of para-hydroxylation sites is 4. The maximum atomic E-state index is 12.5. The van der Waals surface area contributed by atoms with Crippen LogP contribution in [0.4, 0.5) is 0 Å². The monoisotopic (exact) mass is 928 g/mol. The topological polar surface area (TPSA) is 67.3 Å². The number of hydrogen-bond acceptors (Lipinski definition) is 2. The van der Waals surface area contributed by atoms with E-state index in [4.69, 9.17) is 0 Å². The van der Waals surface area contributed by atoms with Crippen molar-refractivity contribution in [2.45, 2.75) is 66.5 Å². The lowest BCUT2D eigenvalue weighted by Gasteiger charge is -2.39. The van der Waals surface area contributed by atoms with Crippen molar-refractivity contribution in [1.29, 1.82) is 10.5 Å². The largest absolute Gasteiger partial charge is 0.331 e. The Kier molecular flexibility index (Phi) is 9.20. The molecule has 0 saturated carbocycles. The minimum absolute atomic E-state index is 0.457. The first-order chi connectivity index (χ1) is 34.8. The molecule has 0 amide bonds. The van der Waals surface area contributed by atoms with Crippen molar-refractivity contribution in [3.05, 3.63) is 214 Å². The summed E-state index contributed by atoms with van der Waals surface area (Å²) in [6.45, 7) is 17.6. The molecule has 6 heteroatoms. The first-order valence-electron chi connectivity index (χ1n) is 24.9. The van der Waals surface area contributed by atoms with Gasteiger partial charge in [0.15, 0.2) is 0 Å². The molecule has 0 N–H and O–H groups in total. The Morgan fingerprint density at radius 1 is 0.319 bits per heavy atom. The minimum atomic E-state index is -0.990. The van der Waals surface area contributed by atoms with E-state index in [0.29, 0.717) is 16.7 Å². The van der Waals surface area contributed by atoms with Gasteiger partial charge in [-0.05, 0) is 128 Å². The Morgan fingerprint density at radius 2 is 0.583 bits per heavy atom. The lowest BCUT2D eigenvalue weighted by atomic mass is 9.78. The molecule has 0 aliphatic rings. The molecule has 6 nitrogen and oxygen atoms in total. The van der Waals surface area contributed by atoms with Gasteiger partial charge < -0.3 is 18.3 Å². The van der Waals surface area contributed by atoms with Crippen molar-refractivity contribution < 1.29 is 0 Å². The molecule has 0 atom stereocenters. The normalized spacial score (nSPS) is 12.4. The zero-order chi connectivity index (χ0) is 49.5. The number of aryl methyl sites for hydroxylation is 4. The number of fused-ring (bicyclic) bond motifs is 12. The van der Waals surface area contributed by atoms with Gasteiger partial charge in [0.05, 0.1) is 55.6 Å². The lowest BCUT2D eigenvalue weighted by molar-refractivity contribution is 0.451. The molecule has 0 radical (unpaired) electrons. The van der Waals surface area contributed by atoms with Crippen LogP contribution in [0.5, 0.6) is 0 Å². The number of hydrogen-bond donors (Lipinski definition) is 0. The van der Waals surface area contributed by atoms with E-state index in [9.17, 15) is 10.5 Å². The third-order valence-corrected chi connectivity index (χ3v) is 15.8. The molecule has 72 heavy (non-hydrogen) atoms. The highest BCUT2D eigenvalue weighted by Crippen LogP contribution is 2.52. The summed E-state index contributed by atoms with van der Waals surface area (Å²) in [6, 6.07) is 66.9. The molecule has 0 bridgehead atoms. The highest BCUT2D eigenvalue weighted by Gasteiger charge is 2.43. The second-order valence-corrected chi connectivity index (χ2v) is 21.0. The fourth-order valence-corrected chi connectivity index (χ4v) is 12.8. The van der Waals surface area contributed by atoms with E-state index < -0.39 is 11.1 Å². The van der Waals surface area contributed by atoms with Gasteiger partial charge in [-0.2, -0.15) is 10.5 Å². The van der Waals surface area contributed by atoms with Crippen LogP contribution in [-0.2, 0) is 11.1 Å². The van der Waals surface area contributed by atoms with E-state index in [1.165, 1.54) is 0 Å². The summed E-state index contributed by atoms with van der Waals surface area (Å²) in [5, 5.41) is 34.0. The molecule has 4 heterocycles. The van der Waals surface area contributed by atoms with Crippen LogP contribution in [0.1, 0.15) is 72.2 Å². The number of aromatic nitrogens is 4. The number of benzene rings is 9. The highest BCUT2D eigenvalue weighted by molar-refractivity contribution is 6.13. The maximum absolute atomic E-state index is 12.5. The van der Waals surface area contributed by atoms with E-state index in [-0.39, 0.29) is 0 Å². The van der Waals surface area contributed by atoms with Crippen molar-refractivity contribution in [3.8, 4) is 23.5 Å². The van der Waals surface area contributed by atoms with E-state index in [0.717, 1.165) is 126 Å². The molecule has 0 fully saturated rings. The van der Waals surface area contributed by atoms with E-state index >= 15 is 0 Å². The summed E-state index contributed by atoms with van der Waals surface area (Å²) in [7, 11) is 0. The molecular weight excluding hydrogens is 877 g/mol. The van der Waals surface area contributed by atoms with Crippen LogP contribution in [0.3, 0.4) is 0 Å². The van der Waals surface area contributed by atoms with E-state index in [2.05, 4.69) is 256 Å². The smallest absolute Gasteiger partial charge is 0.102 e. The van der Waals surface area contributed by atoms with Crippen molar-refractivity contribution in [1.82, 2.24) is 18.3 Å². The Labute approximate surface area is 418 Å². The molecule has 346 valence electrons. The van der Waals surface area contributed by atoms with Crippen molar-refractivity contribution in [2.24, 2.45) is 0 Å². The van der Waals surface area contributed by atoms with Crippen LogP contribution in [0.2, 0.25) is 0 Å². The Hall–Kier alpha value is -8.84. The first-order valence-corrected chi connectivity index (χ1v) is 24.9. The predicted octanol–water partition coefficient (Wildman–Crippen LogP) is 16.6. The van der Waals surface area contributed by atoms with Gasteiger partial charge in [-0.25, -0.2) is 0 Å². The molecule has 4 aromatic heterocycles. The molecule has 0 unspecified atom stereocenters. The van der Waals surface area contributed by atoms with Gasteiger partial charge >= 0.3 is 0 Å². The van der Waals surface area contributed by atoms with Gasteiger partial charge in [0.25, 0.3) is 0 Å². The highest BCUT2D eigenvalue weighted by atomic mass is 15.1. The van der Waals surface area contributed by atoms with Crippen molar-refractivity contribution >= 4 is 87.2 Å². The van der Waals surface area contributed by atoms with Crippen LogP contribution in [0.25, 0.3) is 98.6 Å². The fourth-order valence-electron chi connectivity index (χ4n) is 12.8. The van der Waals surface area contributed by atoms with Gasteiger partial charge in [0.2, 0.25) is 0 Å². The van der Waals surface area contributed by atoms with Gasteiger partial charge in [0.1, 0.15) is 12.1 Å². The summed E-state index contributed by atoms with van der Waals surface area (Å²) in [4.78, 5) is 0. The second kappa shape index (κ2) is 15.3. The molecule has 13 aromatic rings. The fraction of sp³-hybridized carbons (Fsp3) is 0.152. The lowest BCUT2D eigenvalue weighted by Crippen LogP contribution is -2.35. The average Bonchev–Trinajstić information content (AvgIpc) is 4.10. The Morgan fingerprint density at radius 3 is 0.861 bits per heavy atom. The molecule has 0 aliphatic carbocycles. The zero-order valence-electron chi connectivity index (χ0n) is 41.8. The van der Waals surface area contributed by atoms with Crippen LogP contribution in [0, 0.1) is 50.4 Å². The molecule has 0 spiro atoms. The molecule has 9 aromatic carbocycles. The summed E-state index contributed by atoms with van der Waals surface area (Å²) in [5.41, 5.74) is 14.8. The SMILES string of the molecule is Cc1ccc2c(c1)c1cc(C)ccc1n2-c1c(C#N)c(C(C)(C)n2c3ccccc3c3ccccc32)c(C#N)c(-n2c3ccc(C)cc3c3cc(C)ccc32)c1C(C)(C)n1c2ccccc2c2ccccc21. The Bertz CT molecular complexity index is 4190. The second-order valence-electron chi connectivity index (χ2n) is 21.0. The molecule has 0 saturated heterocycles. The molecule has 0 aliphatic heterocycles. The third-order valence-electron chi connectivity index (χ3n) is 15.8. The summed E-state index contributed by atoms with van der Waals surface area (Å²) < 4.78 is 9.57. The number of rotatable bonds is 6. The maximum Gasteiger partial charge on any atom is 0.102 e. The van der Waals surface area contributed by atoms with Crippen molar-refractivity contribution in [2.75, 3.05) is 0 Å². The van der Waals surface area contributed by atoms with Crippen LogP contribution in [-0.4, -0.2) is 18.3 Å². The summed E-state index contributed by atoms with van der Waals surface area (Å²) in [5.74, 6) is 0. The van der Waals surface area contributed by atoms with Gasteiger partial charge in [-0.1, -0.05) is 119 Å². The van der Waals surface area contributed by atoms with E-state index in [1.54, 1.807) is 0 Å². The first kappa shape index (κ1) is 43.2. The third kappa shape index (κ3) is 5.81. The number of nitrogens with zero attached hydrogens (tertiary/aromatic N) is 6. The average molecular weight is 929 g/mol. The van der Waals surface area contributed by atoms with Crippen molar-refractivity contribution in [3.63, 3.8) is 0 Å². The van der Waals surface area contributed by atoms with Crippen LogP contribution >= 0.6 is 0 Å². The quantitative estimate of drug-likeness (QED) is 0.167. The standard InChI is InChI=1S/C66H52N6/c1-39-25-29-53-47(33-39)48-34-40(2)26-30-54(48)69(53)63-51(37-67)61(65(5,6)71-57-21-13-9-17-43(57)44-18-10-14-22-58(44)71)52(38-68)64(70-55-31-27-41(3)35-49(55)50-36-42(4)28-32-56(50)70)62(63)66(7,8)72-59-23-15-11-19-45(59)46-20-12-16-24-60(46)72/h9-36H,1-8H3.